The molecule has 14 atom stereocenters. The summed E-state index contributed by atoms with van der Waals surface area (Å²) in [5, 5.41) is 1.91. The number of hydrogen-bond donors (Lipinski definition) is 0. The first kappa shape index (κ1) is 54.0. The summed E-state index contributed by atoms with van der Waals surface area (Å²) in [5.41, 5.74) is 0. The van der Waals surface area contributed by atoms with Crippen molar-refractivity contribution in [3.8, 4) is 11.5 Å². The Morgan fingerprint density at radius 2 is 0.691 bits per heavy atom. The molecule has 0 spiro atoms. The second-order valence-electron chi connectivity index (χ2n) is 23.4. The van der Waals surface area contributed by atoms with Crippen molar-refractivity contribution in [2.24, 2.45) is 71.0 Å². The maximum Gasteiger partial charge on any atom is 0.397 e. The van der Waals surface area contributed by atoms with E-state index in [9.17, 15) is 0 Å². The van der Waals surface area contributed by atoms with E-state index in [4.69, 9.17) is 27.1 Å². The SMILES string of the molecule is CC(C)C1CC[C@@H](C)C[C@H]1OP(Oc1ccccc1P(=O)(c1ccccc1)c1ccccc1OP(O[C@@H]1C[C@H](C)CCC1C(C)C)O[C@@H]1C[C@H](C)CC[C@H]1C(C)C)O[C@@H]1C[C@H](C)CC[C@H]1C(C)C. The molecule has 0 bridgehead atoms. The zero-order valence-corrected chi connectivity index (χ0v) is 46.6. The van der Waals surface area contributed by atoms with Gasteiger partial charge in [-0.3, -0.25) is 18.1 Å². The van der Waals surface area contributed by atoms with E-state index in [2.05, 4.69) is 83.1 Å². The van der Waals surface area contributed by atoms with Crippen LogP contribution in [0.2, 0.25) is 0 Å². The molecule has 10 heteroatoms. The van der Waals surface area contributed by atoms with E-state index in [1.165, 1.54) is 25.7 Å². The zero-order valence-electron chi connectivity index (χ0n) is 43.9. The molecule has 0 radical (unpaired) electrons. The summed E-state index contributed by atoms with van der Waals surface area (Å²) in [5.74, 6) is 6.79. The van der Waals surface area contributed by atoms with Gasteiger partial charge >= 0.3 is 17.2 Å². The molecule has 0 N–H and O–H groups in total. The highest BCUT2D eigenvalue weighted by atomic mass is 31.2. The molecule has 7 nitrogen and oxygen atoms in total. The second kappa shape index (κ2) is 24.7. The minimum Gasteiger partial charge on any atom is -0.426 e. The standard InChI is InChI=1S/C58H89O7P3/c1-38(2)47-30-26-42(9)34-53(47)62-66(63-54-35-43(10)27-31-48(54)39(3)4)60-51-22-16-18-24-57(51)68(59,46-20-14-13-15-21-46)58-25-19-17-23-52(58)61-67(64-55-36-44(11)28-32-49(55)40(5)6)65-56-37-45(12)29-33-50(56)41(7)8/h13-25,38-45,47-50,53-56H,26-37H2,1-12H3/t42-,43-,44-,45-,47+,48?,49+,50?,53-,54-,55-,56-,66?,67?,68?/m1/s1. The van der Waals surface area contributed by atoms with E-state index in [-0.39, 0.29) is 24.4 Å². The molecule has 4 aliphatic rings. The molecule has 68 heavy (non-hydrogen) atoms. The lowest BCUT2D eigenvalue weighted by Gasteiger charge is -2.41. The maximum atomic E-state index is 17.0. The molecule has 3 aromatic rings. The van der Waals surface area contributed by atoms with Gasteiger partial charge in [-0.2, -0.15) is 0 Å². The lowest BCUT2D eigenvalue weighted by molar-refractivity contribution is -0.00309. The molecular formula is C58H89O7P3. The number of rotatable bonds is 19. The summed E-state index contributed by atoms with van der Waals surface area (Å²) in [6, 6.07) is 25.7. The van der Waals surface area contributed by atoms with Crippen LogP contribution in [-0.2, 0) is 22.7 Å². The summed E-state index contributed by atoms with van der Waals surface area (Å²) in [7, 11) is -7.50. The van der Waals surface area contributed by atoms with E-state index in [0.29, 0.717) is 98.4 Å². The van der Waals surface area contributed by atoms with Crippen molar-refractivity contribution in [1.29, 1.82) is 0 Å². The summed E-state index contributed by atoms with van der Waals surface area (Å²) >= 11 is 0. The van der Waals surface area contributed by atoms with Gasteiger partial charge in [0, 0.05) is 5.30 Å². The molecule has 4 aliphatic carbocycles. The van der Waals surface area contributed by atoms with Crippen LogP contribution in [0.25, 0.3) is 0 Å². The van der Waals surface area contributed by atoms with Crippen LogP contribution in [0.4, 0.5) is 0 Å². The van der Waals surface area contributed by atoms with Gasteiger partial charge in [0.1, 0.15) is 11.5 Å². The Balaban J connectivity index is 1.30. The Kier molecular flexibility index (Phi) is 19.6. The number of hydrogen-bond acceptors (Lipinski definition) is 7. The highest BCUT2D eigenvalue weighted by Crippen LogP contribution is 2.56. The number of para-hydroxylation sites is 2. The van der Waals surface area contributed by atoms with Crippen LogP contribution < -0.4 is 25.0 Å². The van der Waals surface area contributed by atoms with Crippen LogP contribution in [0.1, 0.15) is 160 Å². The minimum atomic E-state index is -3.74. The van der Waals surface area contributed by atoms with Crippen LogP contribution in [0.15, 0.2) is 78.9 Å². The zero-order chi connectivity index (χ0) is 48.7. The highest BCUT2D eigenvalue weighted by molar-refractivity contribution is 7.85. The molecule has 0 aromatic heterocycles. The Bertz CT molecular complexity index is 1850. The van der Waals surface area contributed by atoms with Crippen molar-refractivity contribution in [2.45, 2.75) is 185 Å². The first-order chi connectivity index (χ1) is 32.5. The average Bonchev–Trinajstić information content (AvgIpc) is 3.29. The van der Waals surface area contributed by atoms with Crippen LogP contribution in [0.3, 0.4) is 0 Å². The fraction of sp³-hybridized carbons (Fsp3) is 0.690. The molecule has 0 heterocycles. The predicted octanol–water partition coefficient (Wildman–Crippen LogP) is 16.4. The van der Waals surface area contributed by atoms with E-state index >= 15 is 4.57 Å². The van der Waals surface area contributed by atoms with Gasteiger partial charge in [0.15, 0.2) is 7.14 Å². The van der Waals surface area contributed by atoms with Gasteiger partial charge in [-0.15, -0.1) is 0 Å². The van der Waals surface area contributed by atoms with Gasteiger partial charge in [-0.1, -0.05) is 163 Å². The molecule has 4 unspecified atom stereocenters. The maximum absolute atomic E-state index is 17.0. The smallest absolute Gasteiger partial charge is 0.397 e. The normalized spacial score (nSPS) is 32.2. The van der Waals surface area contributed by atoms with E-state index < -0.39 is 24.3 Å². The highest BCUT2D eigenvalue weighted by Gasteiger charge is 2.44. The fourth-order valence-corrected chi connectivity index (χ4v) is 18.1. The van der Waals surface area contributed by atoms with Gasteiger partial charge in [0.25, 0.3) is 0 Å². The molecule has 378 valence electrons. The average molecular weight is 991 g/mol. The van der Waals surface area contributed by atoms with Crippen molar-refractivity contribution in [3.63, 3.8) is 0 Å². The lowest BCUT2D eigenvalue weighted by atomic mass is 9.75. The van der Waals surface area contributed by atoms with Gasteiger partial charge in [0.05, 0.1) is 35.0 Å². The topological polar surface area (TPSA) is 72.5 Å². The monoisotopic (exact) mass is 991 g/mol. The van der Waals surface area contributed by atoms with E-state index in [0.717, 1.165) is 51.4 Å². The molecule has 0 aliphatic heterocycles. The molecule has 0 saturated heterocycles. The van der Waals surface area contributed by atoms with Crippen molar-refractivity contribution in [1.82, 2.24) is 0 Å². The van der Waals surface area contributed by atoms with Gasteiger partial charge in [-0.25, -0.2) is 0 Å². The van der Waals surface area contributed by atoms with E-state index in [1.807, 2.05) is 78.9 Å². The molecule has 4 saturated carbocycles. The summed E-state index contributed by atoms with van der Waals surface area (Å²) in [6.45, 7) is 28.0. The third-order valence-electron chi connectivity index (χ3n) is 16.6. The lowest BCUT2D eigenvalue weighted by Crippen LogP contribution is -2.36. The molecule has 7 rings (SSSR count). The second-order valence-corrected chi connectivity index (χ2v) is 28.2. The Labute approximate surface area is 416 Å². The van der Waals surface area contributed by atoms with Gasteiger partial charge < -0.3 is 13.6 Å². The third kappa shape index (κ3) is 13.4. The van der Waals surface area contributed by atoms with Crippen LogP contribution in [-0.4, -0.2) is 24.4 Å². The molecule has 0 amide bonds. The Morgan fingerprint density at radius 3 is 0.985 bits per heavy atom. The minimum absolute atomic E-state index is 0.00901. The van der Waals surface area contributed by atoms with Gasteiger partial charge in [-0.05, 0) is 147 Å². The van der Waals surface area contributed by atoms with E-state index in [1.54, 1.807) is 0 Å². The third-order valence-corrected chi connectivity index (χ3v) is 22.2. The van der Waals surface area contributed by atoms with Crippen LogP contribution >= 0.6 is 24.3 Å². The first-order valence-electron chi connectivity index (χ1n) is 27.0. The quantitative estimate of drug-likeness (QED) is 0.111. The number of benzene rings is 3. The Morgan fingerprint density at radius 1 is 0.412 bits per heavy atom. The van der Waals surface area contributed by atoms with Crippen molar-refractivity contribution in [3.05, 3.63) is 78.9 Å². The van der Waals surface area contributed by atoms with Crippen LogP contribution in [0.5, 0.6) is 11.5 Å². The Hall–Kier alpha value is -1.81. The van der Waals surface area contributed by atoms with Crippen LogP contribution in [0, 0.1) is 71.0 Å². The van der Waals surface area contributed by atoms with Crippen molar-refractivity contribution < 1.29 is 31.7 Å². The molecule has 3 aromatic carbocycles. The predicted molar refractivity (Wildman–Crippen MR) is 286 cm³/mol. The molecule has 4 fully saturated rings. The summed E-state index contributed by atoms with van der Waals surface area (Å²) in [6.07, 6.45) is 13.3. The fourth-order valence-electron chi connectivity index (χ4n) is 12.3. The van der Waals surface area contributed by atoms with Gasteiger partial charge in [0.2, 0.25) is 0 Å². The molecular weight excluding hydrogens is 902 g/mol. The summed E-state index contributed by atoms with van der Waals surface area (Å²) < 4.78 is 60.5. The van der Waals surface area contributed by atoms with Crippen molar-refractivity contribution in [2.75, 3.05) is 0 Å². The largest absolute Gasteiger partial charge is 0.426 e. The first-order valence-corrected chi connectivity index (χ1v) is 30.9. The van der Waals surface area contributed by atoms with Crippen molar-refractivity contribution >= 4 is 40.3 Å². The summed E-state index contributed by atoms with van der Waals surface area (Å²) in [4.78, 5) is 0.